The number of amides is 1. The third-order valence-electron chi connectivity index (χ3n) is 4.72. The molecule has 0 bridgehead atoms. The molecule has 1 amide bonds. The summed E-state index contributed by atoms with van der Waals surface area (Å²) in [4.78, 5) is 16.4. The highest BCUT2D eigenvalue weighted by atomic mass is 16.5. The Labute approximate surface area is 166 Å². The number of aromatic nitrogens is 4. The second-order valence-corrected chi connectivity index (χ2v) is 6.95. The molecular weight excluding hydrogens is 372 g/mol. The van der Waals surface area contributed by atoms with Gasteiger partial charge >= 0.3 is 0 Å². The highest BCUT2D eigenvalue weighted by molar-refractivity contribution is 5.93. The van der Waals surface area contributed by atoms with Crippen molar-refractivity contribution in [1.29, 1.82) is 5.26 Å². The van der Waals surface area contributed by atoms with Crippen molar-refractivity contribution in [1.82, 2.24) is 25.7 Å². The second-order valence-electron chi connectivity index (χ2n) is 6.95. The van der Waals surface area contributed by atoms with Gasteiger partial charge in [0.2, 0.25) is 5.88 Å². The SMILES string of the molecule is Cc1ccc(-c2noc(C)c2COc2ccc(C(=O)NC3(C#N)CC3)nn2)cn1. The highest BCUT2D eigenvalue weighted by Gasteiger charge is 2.45. The topological polar surface area (TPSA) is 127 Å². The van der Waals surface area contributed by atoms with E-state index < -0.39 is 11.4 Å². The Bertz CT molecular complexity index is 1080. The third-order valence-corrected chi connectivity index (χ3v) is 4.72. The minimum Gasteiger partial charge on any atom is -0.472 e. The summed E-state index contributed by atoms with van der Waals surface area (Å²) in [5.74, 6) is 0.472. The van der Waals surface area contributed by atoms with Crippen LogP contribution in [-0.2, 0) is 6.61 Å². The molecule has 0 spiro atoms. The number of aryl methyl sites for hydroxylation is 2. The molecule has 9 heteroatoms. The predicted octanol–water partition coefficient (Wildman–Crippen LogP) is 2.51. The van der Waals surface area contributed by atoms with Crippen molar-refractivity contribution >= 4 is 5.91 Å². The van der Waals surface area contributed by atoms with Gasteiger partial charge in [-0.05, 0) is 44.9 Å². The summed E-state index contributed by atoms with van der Waals surface area (Å²) in [6.07, 6.45) is 3.04. The fourth-order valence-corrected chi connectivity index (χ4v) is 2.73. The van der Waals surface area contributed by atoms with Gasteiger partial charge in [0.05, 0.1) is 11.6 Å². The number of nitrogens with one attached hydrogen (secondary N) is 1. The summed E-state index contributed by atoms with van der Waals surface area (Å²) in [6.45, 7) is 3.89. The van der Waals surface area contributed by atoms with E-state index in [9.17, 15) is 4.79 Å². The highest BCUT2D eigenvalue weighted by Crippen LogP contribution is 2.34. The average Bonchev–Trinajstić information content (AvgIpc) is 3.41. The van der Waals surface area contributed by atoms with Crippen LogP contribution < -0.4 is 10.1 Å². The predicted molar refractivity (Wildman–Crippen MR) is 101 cm³/mol. The van der Waals surface area contributed by atoms with Gasteiger partial charge in [0, 0.05) is 23.5 Å². The number of hydrogen-bond acceptors (Lipinski definition) is 8. The van der Waals surface area contributed by atoms with E-state index in [0.29, 0.717) is 24.3 Å². The molecule has 1 fully saturated rings. The molecule has 29 heavy (non-hydrogen) atoms. The van der Waals surface area contributed by atoms with Gasteiger partial charge in [0.15, 0.2) is 5.69 Å². The van der Waals surface area contributed by atoms with Gasteiger partial charge in [-0.2, -0.15) is 5.26 Å². The number of hydrogen-bond donors (Lipinski definition) is 1. The van der Waals surface area contributed by atoms with Crippen LogP contribution in [0.2, 0.25) is 0 Å². The zero-order valence-corrected chi connectivity index (χ0v) is 16.0. The Hall–Kier alpha value is -3.80. The first-order valence-electron chi connectivity index (χ1n) is 9.08. The molecule has 1 saturated carbocycles. The maximum Gasteiger partial charge on any atom is 0.273 e. The largest absolute Gasteiger partial charge is 0.472 e. The van der Waals surface area contributed by atoms with E-state index in [1.165, 1.54) is 6.07 Å². The monoisotopic (exact) mass is 390 g/mol. The fourth-order valence-electron chi connectivity index (χ4n) is 2.73. The number of nitrogens with zero attached hydrogens (tertiary/aromatic N) is 5. The maximum absolute atomic E-state index is 12.2. The standard InChI is InChI=1S/C20H18N6O3/c1-12-3-4-14(9-22-12)18-15(13(2)29-26-18)10-28-17-6-5-16(24-25-17)19(27)23-20(11-21)7-8-20/h3-6,9H,7-8,10H2,1-2H3,(H,23,27). The van der Waals surface area contributed by atoms with Gasteiger partial charge in [0.25, 0.3) is 5.91 Å². The third kappa shape index (κ3) is 3.91. The lowest BCUT2D eigenvalue weighted by Crippen LogP contribution is -2.36. The first kappa shape index (κ1) is 18.6. The summed E-state index contributed by atoms with van der Waals surface area (Å²) in [5, 5.41) is 23.7. The molecule has 3 aromatic heterocycles. The Morgan fingerprint density at radius 2 is 2.10 bits per heavy atom. The minimum absolute atomic E-state index is 0.131. The van der Waals surface area contributed by atoms with E-state index in [4.69, 9.17) is 14.5 Å². The lowest BCUT2D eigenvalue weighted by atomic mass is 10.1. The van der Waals surface area contributed by atoms with E-state index >= 15 is 0 Å². The molecule has 1 aliphatic carbocycles. The Morgan fingerprint density at radius 1 is 1.28 bits per heavy atom. The molecular formula is C20H18N6O3. The van der Waals surface area contributed by atoms with Crippen LogP contribution in [0.15, 0.2) is 35.0 Å². The van der Waals surface area contributed by atoms with Crippen LogP contribution in [-0.4, -0.2) is 31.8 Å². The second kappa shape index (κ2) is 7.31. The smallest absolute Gasteiger partial charge is 0.273 e. The van der Waals surface area contributed by atoms with Crippen molar-refractivity contribution in [3.05, 3.63) is 53.2 Å². The normalized spacial score (nSPS) is 14.1. The van der Waals surface area contributed by atoms with Crippen molar-refractivity contribution < 1.29 is 14.1 Å². The first-order valence-corrected chi connectivity index (χ1v) is 9.08. The van der Waals surface area contributed by atoms with E-state index in [1.807, 2.05) is 19.1 Å². The van der Waals surface area contributed by atoms with Crippen molar-refractivity contribution in [3.8, 4) is 23.2 Å². The van der Waals surface area contributed by atoms with Gasteiger partial charge in [-0.25, -0.2) is 0 Å². The Kier molecular flexibility index (Phi) is 4.68. The van der Waals surface area contributed by atoms with Crippen molar-refractivity contribution in [3.63, 3.8) is 0 Å². The minimum atomic E-state index is -0.749. The van der Waals surface area contributed by atoms with E-state index in [1.54, 1.807) is 19.2 Å². The molecule has 3 aromatic rings. The van der Waals surface area contributed by atoms with Crippen molar-refractivity contribution in [2.75, 3.05) is 0 Å². The van der Waals surface area contributed by atoms with Gasteiger partial charge < -0.3 is 14.6 Å². The Balaban J connectivity index is 1.43. The molecule has 0 aromatic carbocycles. The van der Waals surface area contributed by atoms with Crippen molar-refractivity contribution in [2.24, 2.45) is 0 Å². The molecule has 3 heterocycles. The number of carbonyl (C=O) groups is 1. The summed E-state index contributed by atoms with van der Waals surface area (Å²) in [6, 6.07) is 8.99. The Morgan fingerprint density at radius 3 is 2.72 bits per heavy atom. The molecule has 4 rings (SSSR count). The molecule has 0 atom stereocenters. The van der Waals surface area contributed by atoms with Crippen LogP contribution in [0, 0.1) is 25.2 Å². The van der Waals surface area contributed by atoms with E-state index in [2.05, 4.69) is 31.7 Å². The fraction of sp³-hybridized carbons (Fsp3) is 0.300. The van der Waals surface area contributed by atoms with Gasteiger partial charge in [-0.3, -0.25) is 9.78 Å². The van der Waals surface area contributed by atoms with E-state index in [0.717, 1.165) is 16.8 Å². The number of pyridine rings is 1. The van der Waals surface area contributed by atoms with Gasteiger partial charge in [-0.1, -0.05) is 5.16 Å². The molecule has 1 aliphatic rings. The van der Waals surface area contributed by atoms with Crippen LogP contribution in [0.1, 0.15) is 40.3 Å². The zero-order valence-electron chi connectivity index (χ0n) is 16.0. The molecule has 0 radical (unpaired) electrons. The molecule has 9 nitrogen and oxygen atoms in total. The summed E-state index contributed by atoms with van der Waals surface area (Å²) in [7, 11) is 0. The van der Waals surface area contributed by atoms with Crippen LogP contribution in [0.5, 0.6) is 5.88 Å². The van der Waals surface area contributed by atoms with Crippen LogP contribution in [0.25, 0.3) is 11.3 Å². The molecule has 0 unspecified atom stereocenters. The quantitative estimate of drug-likeness (QED) is 0.680. The number of carbonyl (C=O) groups excluding carboxylic acids is 1. The molecule has 0 saturated heterocycles. The lowest BCUT2D eigenvalue weighted by molar-refractivity contribution is 0.0935. The summed E-state index contributed by atoms with van der Waals surface area (Å²) >= 11 is 0. The molecule has 146 valence electrons. The number of ether oxygens (including phenoxy) is 1. The van der Waals surface area contributed by atoms with Gasteiger partial charge in [0.1, 0.15) is 23.6 Å². The zero-order chi connectivity index (χ0) is 20.4. The van der Waals surface area contributed by atoms with Crippen LogP contribution >= 0.6 is 0 Å². The average molecular weight is 390 g/mol. The van der Waals surface area contributed by atoms with Gasteiger partial charge in [-0.15, -0.1) is 10.2 Å². The van der Waals surface area contributed by atoms with Crippen molar-refractivity contribution in [2.45, 2.75) is 38.8 Å². The molecule has 0 aliphatic heterocycles. The summed E-state index contributed by atoms with van der Waals surface area (Å²) < 4.78 is 11.0. The number of nitriles is 1. The number of rotatable bonds is 6. The lowest BCUT2D eigenvalue weighted by Gasteiger charge is -2.09. The summed E-state index contributed by atoms with van der Waals surface area (Å²) in [5.41, 5.74) is 2.56. The molecule has 1 N–H and O–H groups in total. The van der Waals surface area contributed by atoms with E-state index in [-0.39, 0.29) is 18.2 Å². The maximum atomic E-state index is 12.2. The first-order chi connectivity index (χ1) is 14.0. The van der Waals surface area contributed by atoms with Crippen LogP contribution in [0.4, 0.5) is 0 Å². The van der Waals surface area contributed by atoms with Crippen LogP contribution in [0.3, 0.4) is 0 Å².